The third-order valence-electron chi connectivity index (χ3n) is 3.49. The highest BCUT2D eigenvalue weighted by Crippen LogP contribution is 2.45. The van der Waals surface area contributed by atoms with Crippen molar-refractivity contribution in [2.75, 3.05) is 20.5 Å². The molecule has 0 aromatic heterocycles. The predicted octanol–water partition coefficient (Wildman–Crippen LogP) is 0.00610. The zero-order valence-corrected chi connectivity index (χ0v) is 10.9. The van der Waals surface area contributed by atoms with E-state index in [4.69, 9.17) is 26.7 Å². The van der Waals surface area contributed by atoms with E-state index in [9.17, 15) is 0 Å². The molecule has 0 spiro atoms. The Bertz CT molecular complexity index is 266. The van der Waals surface area contributed by atoms with E-state index in [1.54, 1.807) is 7.11 Å². The van der Waals surface area contributed by atoms with Crippen molar-refractivity contribution in [3.8, 4) is 0 Å². The smallest absolute Gasteiger partial charge is 0.146 e. The molecule has 0 aromatic rings. The lowest BCUT2D eigenvalue weighted by atomic mass is 10.0. The van der Waals surface area contributed by atoms with E-state index >= 15 is 0 Å². The first-order valence-corrected chi connectivity index (χ1v) is 5.99. The summed E-state index contributed by atoms with van der Waals surface area (Å²) in [6.45, 7) is 4.87. The highest BCUT2D eigenvalue weighted by Gasteiger charge is 2.58. The van der Waals surface area contributed by atoms with Gasteiger partial charge in [-0.3, -0.25) is 0 Å². The van der Waals surface area contributed by atoms with E-state index in [0.717, 1.165) is 0 Å². The minimum Gasteiger partial charge on any atom is -0.359 e. The van der Waals surface area contributed by atoms with Crippen LogP contribution in [0.3, 0.4) is 0 Å². The van der Waals surface area contributed by atoms with Crippen LogP contribution in [0.1, 0.15) is 13.8 Å². The summed E-state index contributed by atoms with van der Waals surface area (Å²) in [5.41, 5.74) is 17.1. The zero-order chi connectivity index (χ0) is 13.1. The minimum absolute atomic E-state index is 0.137. The fraction of sp³-hybridized carbons (Fsp3) is 0.833. The summed E-state index contributed by atoms with van der Waals surface area (Å²) in [4.78, 5) is 0. The van der Waals surface area contributed by atoms with E-state index in [0.29, 0.717) is 12.5 Å². The Morgan fingerprint density at radius 2 is 2.00 bits per heavy atom. The number of rotatable bonds is 7. The summed E-state index contributed by atoms with van der Waals surface area (Å²) in [6.07, 6.45) is 4.15. The van der Waals surface area contributed by atoms with Gasteiger partial charge in [0.15, 0.2) is 0 Å². The van der Waals surface area contributed by atoms with Crippen LogP contribution in [0.25, 0.3) is 0 Å². The van der Waals surface area contributed by atoms with Gasteiger partial charge in [-0.25, -0.2) is 0 Å². The molecular weight excluding hydrogens is 218 g/mol. The molecule has 0 aromatic carbocycles. The maximum absolute atomic E-state index is 5.97. The lowest BCUT2D eigenvalue weighted by molar-refractivity contribution is -0.0364. The summed E-state index contributed by atoms with van der Waals surface area (Å²) in [7, 11) is 1.59. The summed E-state index contributed by atoms with van der Waals surface area (Å²) in [6, 6.07) is 0.137. The first-order chi connectivity index (χ1) is 7.91. The van der Waals surface area contributed by atoms with Crippen LogP contribution in [-0.4, -0.2) is 32.2 Å². The van der Waals surface area contributed by atoms with Crippen LogP contribution in [0.15, 0.2) is 12.2 Å². The highest BCUT2D eigenvalue weighted by atomic mass is 16.7. The molecular formula is C12H25N3O2. The molecule has 6 N–H and O–H groups in total. The van der Waals surface area contributed by atoms with Crippen LogP contribution in [0.4, 0.5) is 0 Å². The van der Waals surface area contributed by atoms with Crippen LogP contribution in [0, 0.1) is 17.8 Å². The zero-order valence-electron chi connectivity index (χ0n) is 10.9. The first kappa shape index (κ1) is 14.6. The Hall–Kier alpha value is -0.460. The molecule has 3 unspecified atom stereocenters. The molecule has 0 bridgehead atoms. The molecule has 1 aliphatic carbocycles. The second kappa shape index (κ2) is 5.93. The van der Waals surface area contributed by atoms with Crippen LogP contribution < -0.4 is 17.2 Å². The first-order valence-electron chi connectivity index (χ1n) is 5.99. The van der Waals surface area contributed by atoms with Crippen LogP contribution >= 0.6 is 0 Å². The summed E-state index contributed by atoms with van der Waals surface area (Å²) >= 11 is 0. The van der Waals surface area contributed by atoms with E-state index in [-0.39, 0.29) is 24.7 Å². The monoisotopic (exact) mass is 243 g/mol. The maximum Gasteiger partial charge on any atom is 0.146 e. The van der Waals surface area contributed by atoms with E-state index in [1.165, 1.54) is 0 Å². The largest absolute Gasteiger partial charge is 0.359 e. The Kier molecular flexibility index (Phi) is 5.09. The molecule has 0 saturated heterocycles. The minimum atomic E-state index is -0.651. The summed E-state index contributed by atoms with van der Waals surface area (Å²) < 4.78 is 10.1. The fourth-order valence-electron chi connectivity index (χ4n) is 1.81. The quantitative estimate of drug-likeness (QED) is 0.332. The van der Waals surface area contributed by atoms with Crippen LogP contribution in [0.2, 0.25) is 0 Å². The molecule has 0 heterocycles. The van der Waals surface area contributed by atoms with E-state index in [2.05, 4.69) is 19.1 Å². The fourth-order valence-corrected chi connectivity index (χ4v) is 1.81. The van der Waals surface area contributed by atoms with Crippen molar-refractivity contribution in [1.29, 1.82) is 0 Å². The Morgan fingerprint density at radius 1 is 1.35 bits per heavy atom. The van der Waals surface area contributed by atoms with Gasteiger partial charge in [0, 0.05) is 25.0 Å². The van der Waals surface area contributed by atoms with Crippen molar-refractivity contribution in [2.45, 2.75) is 25.6 Å². The third kappa shape index (κ3) is 3.76. The summed E-state index contributed by atoms with van der Waals surface area (Å²) in [5.74, 6) is 0.654. The van der Waals surface area contributed by atoms with Gasteiger partial charge >= 0.3 is 0 Å². The standard InChI is InChI=1S/C12H25N3O2/c1-8(9(2)13)4-5-10-11(12(10,14)15)6-17-7-16-3/h4-5,8-11H,6-7,13-15H2,1-3H3/b5-4+/t8?,9-,10?,11?/m0/s1. The van der Waals surface area contributed by atoms with Gasteiger partial charge in [0.1, 0.15) is 6.79 Å². The van der Waals surface area contributed by atoms with Crippen molar-refractivity contribution >= 4 is 0 Å². The molecule has 1 saturated carbocycles. The van der Waals surface area contributed by atoms with Crippen molar-refractivity contribution in [2.24, 2.45) is 35.0 Å². The Balaban J connectivity index is 2.39. The molecule has 1 fully saturated rings. The number of methoxy groups -OCH3 is 1. The third-order valence-corrected chi connectivity index (χ3v) is 3.49. The molecule has 0 radical (unpaired) electrons. The Morgan fingerprint density at radius 3 is 2.53 bits per heavy atom. The Labute approximate surface area is 103 Å². The predicted molar refractivity (Wildman–Crippen MR) is 67.9 cm³/mol. The maximum atomic E-state index is 5.97. The molecule has 1 aliphatic rings. The molecule has 17 heavy (non-hydrogen) atoms. The van der Waals surface area contributed by atoms with Crippen LogP contribution in [-0.2, 0) is 9.47 Å². The number of ether oxygens (including phenoxy) is 2. The van der Waals surface area contributed by atoms with Crippen molar-refractivity contribution in [1.82, 2.24) is 0 Å². The van der Waals surface area contributed by atoms with E-state index < -0.39 is 5.66 Å². The summed E-state index contributed by atoms with van der Waals surface area (Å²) in [5, 5.41) is 0. The normalized spacial score (nSPS) is 30.5. The van der Waals surface area contributed by atoms with Gasteiger partial charge in [-0.2, -0.15) is 0 Å². The van der Waals surface area contributed by atoms with Crippen LogP contribution in [0.5, 0.6) is 0 Å². The average Bonchev–Trinajstić information content (AvgIpc) is 2.77. The molecule has 5 heteroatoms. The SMILES string of the molecule is COCOCC1C(/C=C/C(C)[C@H](C)N)C1(N)N. The molecule has 0 aliphatic heterocycles. The molecule has 0 amide bonds. The van der Waals surface area contributed by atoms with Gasteiger partial charge in [-0.15, -0.1) is 0 Å². The van der Waals surface area contributed by atoms with Gasteiger partial charge in [0.05, 0.1) is 12.3 Å². The lowest BCUT2D eigenvalue weighted by Gasteiger charge is -2.09. The van der Waals surface area contributed by atoms with Crippen molar-refractivity contribution < 1.29 is 9.47 Å². The van der Waals surface area contributed by atoms with Gasteiger partial charge in [-0.1, -0.05) is 19.1 Å². The van der Waals surface area contributed by atoms with Gasteiger partial charge in [0.25, 0.3) is 0 Å². The second-order valence-electron chi connectivity index (χ2n) is 5.01. The lowest BCUT2D eigenvalue weighted by Crippen LogP contribution is -2.38. The molecule has 4 atom stereocenters. The molecule has 1 rings (SSSR count). The van der Waals surface area contributed by atoms with Crippen molar-refractivity contribution in [3.05, 3.63) is 12.2 Å². The molecule has 100 valence electrons. The van der Waals surface area contributed by atoms with Crippen molar-refractivity contribution in [3.63, 3.8) is 0 Å². The molecule has 5 nitrogen and oxygen atoms in total. The average molecular weight is 243 g/mol. The van der Waals surface area contributed by atoms with Gasteiger partial charge < -0.3 is 26.7 Å². The van der Waals surface area contributed by atoms with E-state index in [1.807, 2.05) is 6.92 Å². The second-order valence-corrected chi connectivity index (χ2v) is 5.01. The topological polar surface area (TPSA) is 96.5 Å². The number of hydrogen-bond acceptors (Lipinski definition) is 5. The highest BCUT2D eigenvalue weighted by molar-refractivity contribution is 5.20. The van der Waals surface area contributed by atoms with Gasteiger partial charge in [-0.05, 0) is 12.8 Å². The number of hydrogen-bond donors (Lipinski definition) is 3. The number of nitrogens with two attached hydrogens (primary N) is 3. The van der Waals surface area contributed by atoms with Gasteiger partial charge in [0.2, 0.25) is 0 Å².